The number of β-amino-alcohol motifs (C(OH)–C–C–N with tert-alkyl or cyclic N) is 1. The lowest BCUT2D eigenvalue weighted by molar-refractivity contribution is -0.0126. The van der Waals surface area contributed by atoms with E-state index in [1.54, 1.807) is 4.90 Å². The minimum Gasteiger partial charge on any atom is -0.444 e. The molecule has 0 bridgehead atoms. The van der Waals surface area contributed by atoms with Gasteiger partial charge in [0.25, 0.3) is 0 Å². The van der Waals surface area contributed by atoms with Crippen LogP contribution < -0.4 is 0 Å². The van der Waals surface area contributed by atoms with E-state index >= 15 is 0 Å². The second-order valence-corrected chi connectivity index (χ2v) is 6.98. The standard InChI is InChI=1S/C17H27NO3/c1-17(2,3)21-16(20)18-12-15(19)10-9-14(18)11-13-7-5-4-6-8-13/h5,7-8,14-15,19H,4,6,9-12H2,1-3H3/t14-,15-/m1/s1. The zero-order chi connectivity index (χ0) is 15.5. The van der Waals surface area contributed by atoms with E-state index in [9.17, 15) is 9.90 Å². The van der Waals surface area contributed by atoms with E-state index in [1.165, 1.54) is 5.57 Å². The number of rotatable bonds is 2. The lowest BCUT2D eigenvalue weighted by Crippen LogP contribution is -2.50. The van der Waals surface area contributed by atoms with Gasteiger partial charge in [-0.2, -0.15) is 0 Å². The number of allylic oxidation sites excluding steroid dienone is 3. The first-order valence-corrected chi connectivity index (χ1v) is 7.88. The summed E-state index contributed by atoms with van der Waals surface area (Å²) in [7, 11) is 0. The van der Waals surface area contributed by atoms with Crippen molar-refractivity contribution in [2.24, 2.45) is 0 Å². The Morgan fingerprint density at radius 3 is 2.76 bits per heavy atom. The van der Waals surface area contributed by atoms with Crippen LogP contribution in [0.2, 0.25) is 0 Å². The molecule has 0 spiro atoms. The third-order valence-electron chi connectivity index (χ3n) is 3.85. The number of piperidine rings is 1. The van der Waals surface area contributed by atoms with Gasteiger partial charge in [0, 0.05) is 6.04 Å². The number of ether oxygens (including phenoxy) is 1. The molecule has 0 radical (unpaired) electrons. The van der Waals surface area contributed by atoms with Gasteiger partial charge in [-0.15, -0.1) is 0 Å². The first kappa shape index (κ1) is 16.1. The summed E-state index contributed by atoms with van der Waals surface area (Å²) < 4.78 is 5.48. The largest absolute Gasteiger partial charge is 0.444 e. The molecule has 0 aromatic carbocycles. The molecule has 2 aliphatic rings. The number of aliphatic hydroxyl groups is 1. The van der Waals surface area contributed by atoms with Crippen molar-refractivity contribution in [3.63, 3.8) is 0 Å². The summed E-state index contributed by atoms with van der Waals surface area (Å²) in [6.07, 6.45) is 10.4. The highest BCUT2D eigenvalue weighted by atomic mass is 16.6. The van der Waals surface area contributed by atoms with E-state index < -0.39 is 11.7 Å². The Morgan fingerprint density at radius 2 is 2.14 bits per heavy atom. The average Bonchev–Trinajstić information content (AvgIpc) is 2.40. The number of likely N-dealkylation sites (tertiary alicyclic amines) is 1. The average molecular weight is 293 g/mol. The van der Waals surface area contributed by atoms with Crippen molar-refractivity contribution >= 4 is 6.09 Å². The molecule has 1 N–H and O–H groups in total. The summed E-state index contributed by atoms with van der Waals surface area (Å²) in [5.74, 6) is 0. The molecule has 4 heteroatoms. The van der Waals surface area contributed by atoms with Crippen LogP contribution in [0.25, 0.3) is 0 Å². The van der Waals surface area contributed by atoms with Crippen LogP contribution in [0.3, 0.4) is 0 Å². The maximum Gasteiger partial charge on any atom is 0.410 e. The van der Waals surface area contributed by atoms with Gasteiger partial charge in [-0.1, -0.05) is 23.8 Å². The predicted molar refractivity (Wildman–Crippen MR) is 83.0 cm³/mol. The van der Waals surface area contributed by atoms with Gasteiger partial charge in [-0.05, 0) is 52.9 Å². The molecule has 1 saturated heterocycles. The second kappa shape index (κ2) is 6.65. The predicted octanol–water partition coefficient (Wildman–Crippen LogP) is 3.41. The third-order valence-corrected chi connectivity index (χ3v) is 3.85. The van der Waals surface area contributed by atoms with Gasteiger partial charge in [-0.25, -0.2) is 4.79 Å². The molecule has 21 heavy (non-hydrogen) atoms. The van der Waals surface area contributed by atoms with Crippen LogP contribution in [0.1, 0.15) is 52.9 Å². The molecule has 1 amide bonds. The summed E-state index contributed by atoms with van der Waals surface area (Å²) in [6, 6.07) is 0.122. The highest BCUT2D eigenvalue weighted by Gasteiger charge is 2.33. The smallest absolute Gasteiger partial charge is 0.410 e. The highest BCUT2D eigenvalue weighted by Crippen LogP contribution is 2.27. The Balaban J connectivity index is 2.04. The Kier molecular flexibility index (Phi) is 5.09. The normalized spacial score (nSPS) is 26.5. The summed E-state index contributed by atoms with van der Waals surface area (Å²) in [6.45, 7) is 5.97. The summed E-state index contributed by atoms with van der Waals surface area (Å²) in [5, 5.41) is 9.87. The van der Waals surface area contributed by atoms with Gasteiger partial charge in [-0.3, -0.25) is 0 Å². The third kappa shape index (κ3) is 4.88. The molecule has 0 aromatic rings. The Labute approximate surface area is 127 Å². The zero-order valence-electron chi connectivity index (χ0n) is 13.3. The molecule has 2 atom stereocenters. The molecule has 0 saturated carbocycles. The Morgan fingerprint density at radius 1 is 1.38 bits per heavy atom. The number of hydrogen-bond acceptors (Lipinski definition) is 3. The van der Waals surface area contributed by atoms with Gasteiger partial charge in [0.2, 0.25) is 0 Å². The van der Waals surface area contributed by atoms with Crippen molar-refractivity contribution in [1.82, 2.24) is 4.90 Å². The number of nitrogens with zero attached hydrogens (tertiary/aromatic N) is 1. The minimum absolute atomic E-state index is 0.122. The minimum atomic E-state index is -0.506. The number of carbonyl (C=O) groups excluding carboxylic acids is 1. The van der Waals surface area contributed by atoms with Crippen LogP contribution in [0.4, 0.5) is 4.79 Å². The van der Waals surface area contributed by atoms with Gasteiger partial charge < -0.3 is 14.7 Å². The molecule has 1 fully saturated rings. The summed E-state index contributed by atoms with van der Waals surface area (Å²) in [4.78, 5) is 14.1. The number of hydrogen-bond donors (Lipinski definition) is 1. The van der Waals surface area contributed by atoms with Crippen LogP contribution in [0.5, 0.6) is 0 Å². The molecule has 118 valence electrons. The quantitative estimate of drug-likeness (QED) is 0.848. The van der Waals surface area contributed by atoms with Crippen molar-refractivity contribution in [2.45, 2.75) is 70.6 Å². The monoisotopic (exact) mass is 293 g/mol. The van der Waals surface area contributed by atoms with Crippen molar-refractivity contribution in [3.8, 4) is 0 Å². The topological polar surface area (TPSA) is 49.8 Å². The van der Waals surface area contributed by atoms with Crippen molar-refractivity contribution in [1.29, 1.82) is 0 Å². The molecule has 0 aromatic heterocycles. The Bertz CT molecular complexity index is 434. The molecule has 1 aliphatic heterocycles. The van der Waals surface area contributed by atoms with Crippen molar-refractivity contribution in [3.05, 3.63) is 23.8 Å². The SMILES string of the molecule is CC(C)(C)OC(=O)N1C[C@H](O)CC[C@@H]1CC1=CCCC=C1. The number of aliphatic hydroxyl groups excluding tert-OH is 1. The first-order valence-electron chi connectivity index (χ1n) is 7.88. The van der Waals surface area contributed by atoms with Crippen LogP contribution in [0, 0.1) is 0 Å². The molecule has 1 aliphatic carbocycles. The second-order valence-electron chi connectivity index (χ2n) is 6.98. The van der Waals surface area contributed by atoms with Gasteiger partial charge in [0.05, 0.1) is 12.6 Å². The molecular weight excluding hydrogens is 266 g/mol. The number of amides is 1. The van der Waals surface area contributed by atoms with Gasteiger partial charge >= 0.3 is 6.09 Å². The molecule has 2 rings (SSSR count). The van der Waals surface area contributed by atoms with E-state index in [-0.39, 0.29) is 12.1 Å². The lowest BCUT2D eigenvalue weighted by atomic mass is 9.92. The zero-order valence-corrected chi connectivity index (χ0v) is 13.3. The molecule has 0 unspecified atom stereocenters. The van der Waals surface area contributed by atoms with Crippen molar-refractivity contribution < 1.29 is 14.6 Å². The summed E-state index contributed by atoms with van der Waals surface area (Å²) in [5.41, 5.74) is 0.782. The van der Waals surface area contributed by atoms with Crippen LogP contribution >= 0.6 is 0 Å². The van der Waals surface area contributed by atoms with E-state index in [0.717, 1.165) is 32.1 Å². The van der Waals surface area contributed by atoms with E-state index in [0.29, 0.717) is 6.54 Å². The van der Waals surface area contributed by atoms with E-state index in [1.807, 2.05) is 20.8 Å². The van der Waals surface area contributed by atoms with Crippen molar-refractivity contribution in [2.75, 3.05) is 6.54 Å². The summed E-state index contributed by atoms with van der Waals surface area (Å²) >= 11 is 0. The fourth-order valence-electron chi connectivity index (χ4n) is 2.86. The van der Waals surface area contributed by atoms with Crippen LogP contribution in [0.15, 0.2) is 23.8 Å². The maximum atomic E-state index is 12.4. The van der Waals surface area contributed by atoms with Gasteiger partial charge in [0.1, 0.15) is 5.60 Å². The van der Waals surface area contributed by atoms with Gasteiger partial charge in [0.15, 0.2) is 0 Å². The molecule has 1 heterocycles. The fraction of sp³-hybridized carbons (Fsp3) is 0.706. The maximum absolute atomic E-state index is 12.4. The van der Waals surface area contributed by atoms with Crippen LogP contribution in [-0.2, 0) is 4.74 Å². The first-order chi connectivity index (χ1) is 9.85. The van der Waals surface area contributed by atoms with E-state index in [2.05, 4.69) is 18.2 Å². The van der Waals surface area contributed by atoms with Crippen LogP contribution in [-0.4, -0.2) is 40.4 Å². The van der Waals surface area contributed by atoms with E-state index in [4.69, 9.17) is 4.74 Å². The number of carbonyl (C=O) groups is 1. The molecule has 4 nitrogen and oxygen atoms in total. The molecular formula is C17H27NO3. The lowest BCUT2D eigenvalue weighted by Gasteiger charge is -2.39. The fourth-order valence-corrected chi connectivity index (χ4v) is 2.86. The Hall–Kier alpha value is -1.29. The highest BCUT2D eigenvalue weighted by molar-refractivity contribution is 5.69.